The van der Waals surface area contributed by atoms with Gasteiger partial charge in [0.25, 0.3) is 0 Å². The first-order valence-electron chi connectivity index (χ1n) is 6.93. The number of aryl methyl sites for hydroxylation is 1. The molecule has 3 aromatic rings. The van der Waals surface area contributed by atoms with E-state index in [2.05, 4.69) is 16.5 Å². The van der Waals surface area contributed by atoms with Crippen LogP contribution in [0.2, 0.25) is 0 Å². The van der Waals surface area contributed by atoms with Crippen molar-refractivity contribution in [2.75, 3.05) is 6.61 Å². The highest BCUT2D eigenvalue weighted by Gasteiger charge is 2.14. The van der Waals surface area contributed by atoms with Crippen molar-refractivity contribution in [3.8, 4) is 5.75 Å². The second kappa shape index (κ2) is 5.09. The topological polar surface area (TPSA) is 64.3 Å². The Bertz CT molecular complexity index is 836. The van der Waals surface area contributed by atoms with Crippen molar-refractivity contribution in [1.82, 2.24) is 9.55 Å². The number of carbonyl (C=O) groups is 1. The molecule has 1 aromatic carbocycles. The van der Waals surface area contributed by atoms with Gasteiger partial charge in [0.1, 0.15) is 11.4 Å². The van der Waals surface area contributed by atoms with Crippen molar-refractivity contribution in [2.24, 2.45) is 0 Å². The summed E-state index contributed by atoms with van der Waals surface area (Å²) in [5.74, 6) is -0.232. The van der Waals surface area contributed by atoms with E-state index in [-0.39, 0.29) is 5.69 Å². The third-order valence-electron chi connectivity index (χ3n) is 3.57. The molecule has 108 valence electrons. The van der Waals surface area contributed by atoms with Gasteiger partial charge in [0.2, 0.25) is 0 Å². The lowest BCUT2D eigenvalue weighted by Crippen LogP contribution is -2.00. The summed E-state index contributed by atoms with van der Waals surface area (Å²) >= 11 is 0. The minimum absolute atomic E-state index is 0.0551. The van der Waals surface area contributed by atoms with Crippen molar-refractivity contribution in [2.45, 2.75) is 20.4 Å². The van der Waals surface area contributed by atoms with Gasteiger partial charge in [-0.3, -0.25) is 0 Å². The van der Waals surface area contributed by atoms with Gasteiger partial charge in [0.05, 0.1) is 18.3 Å². The highest BCUT2D eigenvalue weighted by Crippen LogP contribution is 2.31. The number of aromatic nitrogens is 2. The predicted molar refractivity (Wildman–Crippen MR) is 81.0 cm³/mol. The maximum absolute atomic E-state index is 11.1. The lowest BCUT2D eigenvalue weighted by Gasteiger charge is -2.04. The third kappa shape index (κ3) is 2.11. The van der Waals surface area contributed by atoms with Crippen LogP contribution in [-0.2, 0) is 6.54 Å². The van der Waals surface area contributed by atoms with Crippen molar-refractivity contribution in [3.05, 3.63) is 36.2 Å². The fourth-order valence-electron chi connectivity index (χ4n) is 2.69. The molecule has 3 rings (SSSR count). The largest absolute Gasteiger partial charge is 0.494 e. The Morgan fingerprint density at radius 2 is 2.00 bits per heavy atom. The number of nitrogens with zero attached hydrogens (tertiary/aromatic N) is 2. The highest BCUT2D eigenvalue weighted by molar-refractivity contribution is 6.09. The predicted octanol–water partition coefficient (Wildman–Crippen LogP) is 3.31. The van der Waals surface area contributed by atoms with Gasteiger partial charge in [-0.25, -0.2) is 9.78 Å². The third-order valence-corrected chi connectivity index (χ3v) is 3.57. The molecule has 1 N–H and O–H groups in total. The van der Waals surface area contributed by atoms with Crippen LogP contribution in [0, 0.1) is 0 Å². The second-order valence-corrected chi connectivity index (χ2v) is 4.75. The highest BCUT2D eigenvalue weighted by atomic mass is 16.5. The zero-order valence-corrected chi connectivity index (χ0v) is 12.0. The number of pyridine rings is 1. The monoisotopic (exact) mass is 284 g/mol. The molecule has 0 spiro atoms. The fourth-order valence-corrected chi connectivity index (χ4v) is 2.69. The molecule has 0 fully saturated rings. The van der Waals surface area contributed by atoms with Gasteiger partial charge in [0, 0.05) is 22.8 Å². The molecule has 5 nitrogen and oxygen atoms in total. The van der Waals surface area contributed by atoms with Crippen LogP contribution in [-0.4, -0.2) is 27.2 Å². The maximum Gasteiger partial charge on any atom is 0.354 e. The van der Waals surface area contributed by atoms with Crippen LogP contribution in [0.15, 0.2) is 30.5 Å². The Hall–Kier alpha value is -2.56. The van der Waals surface area contributed by atoms with E-state index >= 15 is 0 Å². The summed E-state index contributed by atoms with van der Waals surface area (Å²) in [7, 11) is 0. The molecule has 0 atom stereocenters. The minimum atomic E-state index is -1.02. The zero-order valence-electron chi connectivity index (χ0n) is 12.0. The molecule has 0 radical (unpaired) electrons. The second-order valence-electron chi connectivity index (χ2n) is 4.75. The summed E-state index contributed by atoms with van der Waals surface area (Å²) in [6, 6.07) is 7.52. The van der Waals surface area contributed by atoms with Crippen LogP contribution in [0.1, 0.15) is 24.3 Å². The molecule has 0 aliphatic rings. The fraction of sp³-hybridized carbons (Fsp3) is 0.250. The summed E-state index contributed by atoms with van der Waals surface area (Å²) in [6.07, 6.45) is 1.63. The molecule has 5 heteroatoms. The summed E-state index contributed by atoms with van der Waals surface area (Å²) in [5.41, 5.74) is 2.05. The van der Waals surface area contributed by atoms with E-state index in [9.17, 15) is 4.79 Å². The summed E-state index contributed by atoms with van der Waals surface area (Å²) in [5, 5.41) is 11.0. The molecule has 0 saturated heterocycles. The summed E-state index contributed by atoms with van der Waals surface area (Å²) < 4.78 is 7.67. The van der Waals surface area contributed by atoms with E-state index < -0.39 is 5.97 Å². The lowest BCUT2D eigenvalue weighted by molar-refractivity contribution is 0.0690. The first-order chi connectivity index (χ1) is 10.2. The molecule has 0 unspecified atom stereocenters. The maximum atomic E-state index is 11.1. The molecular formula is C16H16N2O3. The van der Waals surface area contributed by atoms with Gasteiger partial charge < -0.3 is 14.4 Å². The molecule has 0 aliphatic heterocycles. The van der Waals surface area contributed by atoms with Crippen LogP contribution >= 0.6 is 0 Å². The molecule has 0 bridgehead atoms. The van der Waals surface area contributed by atoms with Gasteiger partial charge in [0.15, 0.2) is 0 Å². The number of hydrogen-bond acceptors (Lipinski definition) is 3. The van der Waals surface area contributed by atoms with E-state index in [1.54, 1.807) is 12.3 Å². The first-order valence-corrected chi connectivity index (χ1v) is 6.93. The van der Waals surface area contributed by atoms with Crippen LogP contribution in [0.5, 0.6) is 5.75 Å². The van der Waals surface area contributed by atoms with E-state index in [1.165, 1.54) is 0 Å². The van der Waals surface area contributed by atoms with Gasteiger partial charge in [-0.1, -0.05) is 0 Å². The quantitative estimate of drug-likeness (QED) is 0.798. The molecule has 0 aliphatic carbocycles. The normalized spacial score (nSPS) is 11.1. The van der Waals surface area contributed by atoms with Crippen molar-refractivity contribution in [1.29, 1.82) is 0 Å². The number of rotatable bonds is 4. The average Bonchev–Trinajstić information content (AvgIpc) is 2.80. The van der Waals surface area contributed by atoms with Crippen LogP contribution in [0.3, 0.4) is 0 Å². The van der Waals surface area contributed by atoms with E-state index in [0.29, 0.717) is 6.61 Å². The van der Waals surface area contributed by atoms with Gasteiger partial charge in [-0.2, -0.15) is 0 Å². The molecule has 2 heterocycles. The summed E-state index contributed by atoms with van der Waals surface area (Å²) in [4.78, 5) is 15.1. The Morgan fingerprint density at radius 1 is 1.24 bits per heavy atom. The Morgan fingerprint density at radius 3 is 2.67 bits per heavy atom. The average molecular weight is 284 g/mol. The van der Waals surface area contributed by atoms with E-state index in [1.807, 2.05) is 25.1 Å². The number of aromatic carboxylic acids is 1. The number of benzene rings is 1. The number of carboxylic acids is 1. The number of ether oxygens (including phenoxy) is 1. The summed E-state index contributed by atoms with van der Waals surface area (Å²) in [6.45, 7) is 5.38. The van der Waals surface area contributed by atoms with Gasteiger partial charge in [-0.15, -0.1) is 0 Å². The molecule has 21 heavy (non-hydrogen) atoms. The zero-order chi connectivity index (χ0) is 15.0. The van der Waals surface area contributed by atoms with Crippen molar-refractivity contribution in [3.63, 3.8) is 0 Å². The molecule has 2 aromatic heterocycles. The molecule has 0 amide bonds. The number of fused-ring (bicyclic) bond motifs is 3. The molecular weight excluding hydrogens is 268 g/mol. The number of carboxylic acid groups (broad SMARTS) is 1. The standard InChI is InChI=1S/C16H16N2O3/c1-3-18-14-6-5-10(21-4-2)7-11(14)12-8-13(16(19)20)17-9-15(12)18/h5-9H,3-4H2,1-2H3,(H,19,20). The molecule has 0 saturated carbocycles. The van der Waals surface area contributed by atoms with Gasteiger partial charge >= 0.3 is 5.97 Å². The van der Waals surface area contributed by atoms with Crippen LogP contribution in [0.25, 0.3) is 21.8 Å². The van der Waals surface area contributed by atoms with E-state index in [0.717, 1.165) is 34.1 Å². The Kier molecular flexibility index (Phi) is 3.25. The Labute approximate surface area is 121 Å². The van der Waals surface area contributed by atoms with Crippen LogP contribution < -0.4 is 4.74 Å². The van der Waals surface area contributed by atoms with Crippen molar-refractivity contribution >= 4 is 27.8 Å². The Balaban J connectivity index is 2.36. The SMILES string of the molecule is CCOc1ccc2c(c1)c1cc(C(=O)O)ncc1n2CC. The van der Waals surface area contributed by atoms with Gasteiger partial charge in [-0.05, 0) is 38.1 Å². The minimum Gasteiger partial charge on any atom is -0.494 e. The van der Waals surface area contributed by atoms with Crippen molar-refractivity contribution < 1.29 is 14.6 Å². The number of hydrogen-bond donors (Lipinski definition) is 1. The van der Waals surface area contributed by atoms with Crippen LogP contribution in [0.4, 0.5) is 0 Å². The lowest BCUT2D eigenvalue weighted by atomic mass is 10.1. The van der Waals surface area contributed by atoms with E-state index in [4.69, 9.17) is 9.84 Å². The first kappa shape index (κ1) is 13.4. The smallest absolute Gasteiger partial charge is 0.354 e.